The van der Waals surface area contributed by atoms with Gasteiger partial charge in [0, 0.05) is 29.6 Å². The van der Waals surface area contributed by atoms with Crippen molar-refractivity contribution in [2.45, 2.75) is 6.92 Å². The molecule has 140 valence electrons. The van der Waals surface area contributed by atoms with Gasteiger partial charge in [-0.3, -0.25) is 19.6 Å². The molecule has 0 saturated heterocycles. The van der Waals surface area contributed by atoms with Crippen molar-refractivity contribution < 1.29 is 15.0 Å². The van der Waals surface area contributed by atoms with Gasteiger partial charge in [0.25, 0.3) is 5.56 Å². The Morgan fingerprint density at radius 3 is 2.64 bits per heavy atom. The molecule has 0 spiro atoms. The van der Waals surface area contributed by atoms with Crippen LogP contribution in [0.3, 0.4) is 0 Å². The van der Waals surface area contributed by atoms with Gasteiger partial charge in [-0.15, -0.1) is 0 Å². The Bertz CT molecular complexity index is 1280. The number of aromatic carboxylic acids is 1. The number of H-pyrrole nitrogens is 2. The molecule has 0 bridgehead atoms. The van der Waals surface area contributed by atoms with Gasteiger partial charge in [0.1, 0.15) is 5.65 Å². The van der Waals surface area contributed by atoms with E-state index in [1.165, 1.54) is 24.5 Å². The number of aromatic hydroxyl groups is 1. The number of hydrogen-bond donors (Lipinski definition) is 4. The summed E-state index contributed by atoms with van der Waals surface area (Å²) in [6.45, 7) is 1.82. The number of pyridine rings is 1. The third-order valence-electron chi connectivity index (χ3n) is 4.28. The topological polar surface area (TPSA) is 136 Å². The summed E-state index contributed by atoms with van der Waals surface area (Å²) in [5, 5.41) is 22.4. The van der Waals surface area contributed by atoms with Crippen molar-refractivity contribution in [1.82, 2.24) is 19.7 Å². The molecule has 0 radical (unpaired) electrons. The zero-order valence-electron chi connectivity index (χ0n) is 14.7. The summed E-state index contributed by atoms with van der Waals surface area (Å²) in [6.07, 6.45) is 2.66. The smallest absolute Gasteiger partial charge is 0.337 e. The summed E-state index contributed by atoms with van der Waals surface area (Å²) in [5.41, 5.74) is 2.74. The van der Waals surface area contributed by atoms with Crippen LogP contribution in [0.5, 0.6) is 5.88 Å². The highest BCUT2D eigenvalue weighted by Crippen LogP contribution is 2.26. The minimum absolute atomic E-state index is 0.0154. The van der Waals surface area contributed by atoms with E-state index < -0.39 is 5.97 Å². The summed E-state index contributed by atoms with van der Waals surface area (Å²) in [7, 11) is 0. The Labute approximate surface area is 157 Å². The first-order chi connectivity index (χ1) is 13.4. The SMILES string of the molecule is Cc1cc(=O)[nH]n1-c1ccc(N=Cc2c(O)[nH]c3ncc(C(=O)O)cc23)cc1. The minimum Gasteiger partial charge on any atom is -0.494 e. The first kappa shape index (κ1) is 17.3. The molecule has 0 aliphatic carbocycles. The summed E-state index contributed by atoms with van der Waals surface area (Å²) >= 11 is 0. The van der Waals surface area contributed by atoms with Gasteiger partial charge in [-0.25, -0.2) is 9.78 Å². The highest BCUT2D eigenvalue weighted by Gasteiger charge is 2.13. The first-order valence-corrected chi connectivity index (χ1v) is 8.29. The quantitative estimate of drug-likeness (QED) is 0.405. The number of carbonyl (C=O) groups is 1. The number of hydrogen-bond acceptors (Lipinski definition) is 5. The molecule has 0 unspecified atom stereocenters. The van der Waals surface area contributed by atoms with Crippen molar-refractivity contribution in [2.75, 3.05) is 0 Å². The Morgan fingerprint density at radius 1 is 1.25 bits per heavy atom. The number of aliphatic imine (C=N–C) groups is 1. The van der Waals surface area contributed by atoms with Crippen molar-refractivity contribution in [1.29, 1.82) is 0 Å². The molecule has 28 heavy (non-hydrogen) atoms. The van der Waals surface area contributed by atoms with Crippen LogP contribution < -0.4 is 5.56 Å². The number of aryl methyl sites for hydroxylation is 1. The Morgan fingerprint density at radius 2 is 2.00 bits per heavy atom. The Kier molecular flexibility index (Phi) is 4.04. The number of carboxylic acid groups (broad SMARTS) is 1. The van der Waals surface area contributed by atoms with Gasteiger partial charge in [0.2, 0.25) is 0 Å². The van der Waals surface area contributed by atoms with Crippen molar-refractivity contribution in [3.8, 4) is 11.6 Å². The fourth-order valence-electron chi connectivity index (χ4n) is 2.90. The van der Waals surface area contributed by atoms with E-state index >= 15 is 0 Å². The maximum absolute atomic E-state index is 11.4. The second-order valence-corrected chi connectivity index (χ2v) is 6.18. The van der Waals surface area contributed by atoms with Gasteiger partial charge in [-0.05, 0) is 37.3 Å². The molecule has 0 amide bonds. The number of fused-ring (bicyclic) bond motifs is 1. The van der Waals surface area contributed by atoms with Gasteiger partial charge >= 0.3 is 5.97 Å². The van der Waals surface area contributed by atoms with Crippen LogP contribution in [0, 0.1) is 6.92 Å². The molecule has 0 fully saturated rings. The monoisotopic (exact) mass is 377 g/mol. The molecule has 0 atom stereocenters. The summed E-state index contributed by atoms with van der Waals surface area (Å²) in [4.78, 5) is 33.6. The maximum atomic E-state index is 11.4. The Balaban J connectivity index is 1.66. The van der Waals surface area contributed by atoms with Crippen LogP contribution in [0.1, 0.15) is 21.6 Å². The summed E-state index contributed by atoms with van der Waals surface area (Å²) < 4.78 is 1.67. The average molecular weight is 377 g/mol. The number of nitrogens with zero attached hydrogens (tertiary/aromatic N) is 3. The van der Waals surface area contributed by atoms with Gasteiger partial charge in [-0.2, -0.15) is 0 Å². The van der Waals surface area contributed by atoms with E-state index in [9.17, 15) is 14.7 Å². The van der Waals surface area contributed by atoms with Crippen molar-refractivity contribution in [2.24, 2.45) is 4.99 Å². The molecule has 4 aromatic rings. The van der Waals surface area contributed by atoms with Gasteiger partial charge in [0.15, 0.2) is 5.88 Å². The predicted molar refractivity (Wildman–Crippen MR) is 103 cm³/mol. The van der Waals surface area contributed by atoms with Crippen LogP contribution in [0.2, 0.25) is 0 Å². The van der Waals surface area contributed by atoms with Crippen molar-refractivity contribution >= 4 is 28.9 Å². The van der Waals surface area contributed by atoms with Crippen LogP contribution in [0.25, 0.3) is 16.7 Å². The standard InChI is InChI=1S/C19H15N5O4/c1-10-6-16(25)23-24(10)13-4-2-12(3-5-13)20-9-15-14-7-11(19(27)28)8-21-17(14)22-18(15)26/h2-9,26H,1H3,(H,21,22)(H,23,25)(H,27,28). The lowest BCUT2D eigenvalue weighted by atomic mass is 10.2. The van der Waals surface area contributed by atoms with Crippen LogP contribution in [0.4, 0.5) is 5.69 Å². The molecule has 0 saturated carbocycles. The van der Waals surface area contributed by atoms with Crippen molar-refractivity contribution in [3.63, 3.8) is 0 Å². The minimum atomic E-state index is -1.10. The molecule has 4 rings (SSSR count). The molecule has 0 aliphatic rings. The van der Waals surface area contributed by atoms with Gasteiger partial charge in [-0.1, -0.05) is 0 Å². The number of rotatable bonds is 4. The highest BCUT2D eigenvalue weighted by molar-refractivity contribution is 6.03. The normalized spacial score (nSPS) is 11.5. The zero-order valence-corrected chi connectivity index (χ0v) is 14.7. The number of aromatic amines is 2. The van der Waals surface area contributed by atoms with E-state index in [0.29, 0.717) is 22.3 Å². The van der Waals surface area contributed by atoms with E-state index in [1.807, 2.05) is 6.92 Å². The van der Waals surface area contributed by atoms with E-state index in [1.54, 1.807) is 28.9 Å². The van der Waals surface area contributed by atoms with E-state index in [4.69, 9.17) is 5.11 Å². The maximum Gasteiger partial charge on any atom is 0.337 e. The average Bonchev–Trinajstić information content (AvgIpc) is 3.17. The molecule has 3 aromatic heterocycles. The number of benzene rings is 1. The number of nitrogens with one attached hydrogen (secondary N) is 2. The lowest BCUT2D eigenvalue weighted by molar-refractivity contribution is 0.0696. The Hall–Kier alpha value is -4.14. The molecular formula is C19H15N5O4. The van der Waals surface area contributed by atoms with Crippen LogP contribution in [0.15, 0.2) is 52.4 Å². The molecule has 3 heterocycles. The number of aromatic nitrogens is 4. The molecule has 4 N–H and O–H groups in total. The summed E-state index contributed by atoms with van der Waals surface area (Å²) in [6, 6.07) is 10.1. The van der Waals surface area contributed by atoms with E-state index in [2.05, 4.69) is 20.1 Å². The lowest BCUT2D eigenvalue weighted by Gasteiger charge is -2.05. The second-order valence-electron chi connectivity index (χ2n) is 6.18. The molecular weight excluding hydrogens is 362 g/mol. The lowest BCUT2D eigenvalue weighted by Crippen LogP contribution is -2.03. The number of carboxylic acids is 1. The fraction of sp³-hybridized carbons (Fsp3) is 0.0526. The fourth-order valence-corrected chi connectivity index (χ4v) is 2.90. The largest absolute Gasteiger partial charge is 0.494 e. The van der Waals surface area contributed by atoms with Crippen LogP contribution in [-0.2, 0) is 0 Å². The van der Waals surface area contributed by atoms with Crippen LogP contribution >= 0.6 is 0 Å². The zero-order chi connectivity index (χ0) is 19.8. The summed E-state index contributed by atoms with van der Waals surface area (Å²) in [5.74, 6) is -1.25. The molecule has 0 aliphatic heterocycles. The molecule has 9 heteroatoms. The molecule has 1 aromatic carbocycles. The first-order valence-electron chi connectivity index (χ1n) is 8.29. The second kappa shape index (κ2) is 6.54. The van der Waals surface area contributed by atoms with Crippen molar-refractivity contribution in [3.05, 3.63) is 69.8 Å². The third kappa shape index (κ3) is 3.05. The third-order valence-corrected chi connectivity index (χ3v) is 4.28. The molecule has 9 nitrogen and oxygen atoms in total. The van der Waals surface area contributed by atoms with E-state index in [-0.39, 0.29) is 17.0 Å². The predicted octanol–water partition coefficient (Wildman–Crippen LogP) is 2.50. The van der Waals surface area contributed by atoms with Gasteiger partial charge in [0.05, 0.1) is 22.5 Å². The van der Waals surface area contributed by atoms with Crippen LogP contribution in [-0.4, -0.2) is 42.1 Å². The van der Waals surface area contributed by atoms with E-state index in [0.717, 1.165) is 11.4 Å². The van der Waals surface area contributed by atoms with Gasteiger partial charge < -0.3 is 15.2 Å². The highest BCUT2D eigenvalue weighted by atomic mass is 16.4.